The highest BCUT2D eigenvalue weighted by Crippen LogP contribution is 2.41. The van der Waals surface area contributed by atoms with Gasteiger partial charge in [-0.3, -0.25) is 4.57 Å². The highest BCUT2D eigenvalue weighted by Gasteiger charge is 2.35. The van der Waals surface area contributed by atoms with Crippen molar-refractivity contribution in [3.05, 3.63) is 10.5 Å². The number of hydrogen-bond donors (Lipinski definition) is 2. The van der Waals surface area contributed by atoms with Crippen LogP contribution in [-0.2, 0) is 7.05 Å². The van der Waals surface area contributed by atoms with E-state index < -0.39 is 0 Å². The third kappa shape index (κ3) is 3.42. The Morgan fingerprint density at radius 3 is 2.89 bits per heavy atom. The van der Waals surface area contributed by atoms with Crippen LogP contribution < -0.4 is 11.0 Å². The molecule has 2 atom stereocenters. The molecule has 1 heterocycles. The molecule has 1 aliphatic rings. The molecule has 2 unspecified atom stereocenters. The first-order valence-corrected chi connectivity index (χ1v) is 7.82. The third-order valence-corrected chi connectivity index (χ3v) is 5.27. The van der Waals surface area contributed by atoms with Gasteiger partial charge < -0.3 is 5.32 Å². The molecule has 2 rings (SSSR count). The Hall–Kier alpha value is -0.750. The molecule has 108 valence electrons. The molecular formula is C13H24N4OS. The number of nitrogens with zero attached hydrogens (tertiary/aromatic N) is 2. The average Bonchev–Trinajstić information content (AvgIpc) is 2.64. The molecular weight excluding hydrogens is 260 g/mol. The SMILES string of the molecule is CCNC1CCC(C)(C)CC1Sc1n[nH]c(=O)n1C. The highest BCUT2D eigenvalue weighted by atomic mass is 32.2. The van der Waals surface area contributed by atoms with Crippen LogP contribution in [0.4, 0.5) is 0 Å². The highest BCUT2D eigenvalue weighted by molar-refractivity contribution is 7.99. The Labute approximate surface area is 118 Å². The summed E-state index contributed by atoms with van der Waals surface area (Å²) in [5, 5.41) is 11.5. The van der Waals surface area contributed by atoms with Crippen molar-refractivity contribution in [3.63, 3.8) is 0 Å². The van der Waals surface area contributed by atoms with Gasteiger partial charge in [0.15, 0.2) is 5.16 Å². The first kappa shape index (κ1) is 14.7. The monoisotopic (exact) mass is 284 g/mol. The second-order valence-electron chi connectivity index (χ2n) is 6.10. The Balaban J connectivity index is 2.13. The van der Waals surface area contributed by atoms with E-state index in [1.54, 1.807) is 23.4 Å². The molecule has 1 aromatic rings. The quantitative estimate of drug-likeness (QED) is 0.884. The summed E-state index contributed by atoms with van der Waals surface area (Å²) in [7, 11) is 1.77. The van der Waals surface area contributed by atoms with E-state index in [0.717, 1.165) is 18.1 Å². The summed E-state index contributed by atoms with van der Waals surface area (Å²) >= 11 is 1.72. The lowest BCUT2D eigenvalue weighted by atomic mass is 9.75. The van der Waals surface area contributed by atoms with Crippen LogP contribution in [-0.4, -0.2) is 32.6 Å². The second-order valence-corrected chi connectivity index (χ2v) is 7.30. The zero-order valence-corrected chi connectivity index (χ0v) is 13.0. The molecule has 0 bridgehead atoms. The van der Waals surface area contributed by atoms with Gasteiger partial charge >= 0.3 is 5.69 Å². The van der Waals surface area contributed by atoms with E-state index in [9.17, 15) is 4.79 Å². The van der Waals surface area contributed by atoms with Crippen LogP contribution in [0.25, 0.3) is 0 Å². The maximum Gasteiger partial charge on any atom is 0.343 e. The van der Waals surface area contributed by atoms with Crippen LogP contribution in [0.1, 0.15) is 40.0 Å². The van der Waals surface area contributed by atoms with Crippen molar-refractivity contribution in [2.75, 3.05) is 6.54 Å². The van der Waals surface area contributed by atoms with Crippen molar-refractivity contribution >= 4 is 11.8 Å². The van der Waals surface area contributed by atoms with Gasteiger partial charge in [-0.25, -0.2) is 9.89 Å². The van der Waals surface area contributed by atoms with Gasteiger partial charge in [0.1, 0.15) is 0 Å². The van der Waals surface area contributed by atoms with Crippen LogP contribution >= 0.6 is 11.8 Å². The topological polar surface area (TPSA) is 62.7 Å². The Morgan fingerprint density at radius 2 is 2.32 bits per heavy atom. The van der Waals surface area contributed by atoms with Gasteiger partial charge in [-0.05, 0) is 31.2 Å². The average molecular weight is 284 g/mol. The van der Waals surface area contributed by atoms with E-state index >= 15 is 0 Å². The van der Waals surface area contributed by atoms with Gasteiger partial charge in [-0.1, -0.05) is 32.5 Å². The molecule has 0 aromatic carbocycles. The number of hydrogen-bond acceptors (Lipinski definition) is 4. The van der Waals surface area contributed by atoms with Crippen molar-refractivity contribution in [2.24, 2.45) is 12.5 Å². The predicted molar refractivity (Wildman–Crippen MR) is 78.6 cm³/mol. The summed E-state index contributed by atoms with van der Waals surface area (Å²) in [4.78, 5) is 11.4. The standard InChI is InChI=1S/C13H24N4OS/c1-5-14-9-6-7-13(2,3)8-10(9)19-12-16-15-11(18)17(12)4/h9-10,14H,5-8H2,1-4H3,(H,15,18). The summed E-state index contributed by atoms with van der Waals surface area (Å²) in [6.45, 7) is 7.78. The Bertz CT molecular complexity index is 479. The fourth-order valence-corrected chi connectivity index (χ4v) is 4.26. The van der Waals surface area contributed by atoms with E-state index in [1.807, 2.05) is 0 Å². The van der Waals surface area contributed by atoms with Crippen LogP contribution in [0.2, 0.25) is 0 Å². The molecule has 19 heavy (non-hydrogen) atoms. The van der Waals surface area contributed by atoms with E-state index in [0.29, 0.717) is 16.7 Å². The Kier molecular flexibility index (Phi) is 4.40. The van der Waals surface area contributed by atoms with Crippen molar-refractivity contribution in [2.45, 2.75) is 56.5 Å². The molecule has 0 radical (unpaired) electrons. The maximum absolute atomic E-state index is 11.4. The fraction of sp³-hybridized carbons (Fsp3) is 0.846. The van der Waals surface area contributed by atoms with Gasteiger partial charge in [0, 0.05) is 18.3 Å². The summed E-state index contributed by atoms with van der Waals surface area (Å²) in [5.74, 6) is 0. The van der Waals surface area contributed by atoms with Crippen molar-refractivity contribution in [1.82, 2.24) is 20.1 Å². The van der Waals surface area contributed by atoms with Gasteiger partial charge in [0.25, 0.3) is 0 Å². The second kappa shape index (κ2) is 5.71. The normalized spacial score (nSPS) is 26.5. The molecule has 2 N–H and O–H groups in total. The number of aromatic amines is 1. The lowest BCUT2D eigenvalue weighted by Gasteiger charge is -2.40. The van der Waals surface area contributed by atoms with Gasteiger partial charge in [-0.2, -0.15) is 0 Å². The number of H-pyrrole nitrogens is 1. The first-order chi connectivity index (χ1) is 8.93. The van der Waals surface area contributed by atoms with E-state index in [2.05, 4.69) is 36.3 Å². The summed E-state index contributed by atoms with van der Waals surface area (Å²) in [5.41, 5.74) is 0.233. The molecule has 0 spiro atoms. The van der Waals surface area contributed by atoms with Crippen molar-refractivity contribution < 1.29 is 0 Å². The number of aromatic nitrogens is 3. The minimum absolute atomic E-state index is 0.141. The van der Waals surface area contributed by atoms with Gasteiger partial charge in [0.2, 0.25) is 0 Å². The number of nitrogens with one attached hydrogen (secondary N) is 2. The molecule has 1 fully saturated rings. The number of thioether (sulfide) groups is 1. The molecule has 6 heteroatoms. The lowest BCUT2D eigenvalue weighted by Crippen LogP contribution is -2.44. The summed E-state index contributed by atoms with van der Waals surface area (Å²) in [6.07, 6.45) is 3.59. The maximum atomic E-state index is 11.4. The van der Waals surface area contributed by atoms with E-state index in [1.165, 1.54) is 12.8 Å². The summed E-state index contributed by atoms with van der Waals surface area (Å²) in [6, 6.07) is 0.509. The first-order valence-electron chi connectivity index (χ1n) is 6.94. The molecule has 1 aliphatic carbocycles. The Morgan fingerprint density at radius 1 is 1.58 bits per heavy atom. The zero-order chi connectivity index (χ0) is 14.0. The minimum Gasteiger partial charge on any atom is -0.313 e. The predicted octanol–water partition coefficient (Wildman–Crippen LogP) is 1.76. The molecule has 1 aromatic heterocycles. The van der Waals surface area contributed by atoms with Crippen LogP contribution in [0, 0.1) is 5.41 Å². The lowest BCUT2D eigenvalue weighted by molar-refractivity contribution is 0.215. The summed E-state index contributed by atoms with van der Waals surface area (Å²) < 4.78 is 1.59. The number of rotatable bonds is 4. The van der Waals surface area contributed by atoms with Crippen LogP contribution in [0.5, 0.6) is 0 Å². The molecule has 1 saturated carbocycles. The van der Waals surface area contributed by atoms with Crippen LogP contribution in [0.15, 0.2) is 9.95 Å². The molecule has 0 aliphatic heterocycles. The van der Waals surface area contributed by atoms with Crippen molar-refractivity contribution in [3.8, 4) is 0 Å². The fourth-order valence-electron chi connectivity index (χ4n) is 2.71. The molecule has 5 nitrogen and oxygen atoms in total. The molecule has 0 saturated heterocycles. The minimum atomic E-state index is -0.141. The van der Waals surface area contributed by atoms with E-state index in [-0.39, 0.29) is 5.69 Å². The smallest absolute Gasteiger partial charge is 0.313 e. The van der Waals surface area contributed by atoms with Crippen molar-refractivity contribution in [1.29, 1.82) is 0 Å². The van der Waals surface area contributed by atoms with Gasteiger partial charge in [0.05, 0.1) is 0 Å². The largest absolute Gasteiger partial charge is 0.343 e. The van der Waals surface area contributed by atoms with Crippen LogP contribution in [0.3, 0.4) is 0 Å². The zero-order valence-electron chi connectivity index (χ0n) is 12.2. The molecule has 0 amide bonds. The third-order valence-electron chi connectivity index (χ3n) is 3.90. The van der Waals surface area contributed by atoms with Gasteiger partial charge in [-0.15, -0.1) is 5.10 Å². The van der Waals surface area contributed by atoms with E-state index in [4.69, 9.17) is 0 Å².